The normalized spacial score (nSPS) is 21.1. The molecule has 0 saturated carbocycles. The number of hydrogen-bond acceptors (Lipinski definition) is 5. The van der Waals surface area contributed by atoms with Crippen LogP contribution >= 0.6 is 11.8 Å². The number of anilines is 1. The lowest BCUT2D eigenvalue weighted by Gasteiger charge is -2.03. The highest BCUT2D eigenvalue weighted by molar-refractivity contribution is 7.99. The summed E-state index contributed by atoms with van der Waals surface area (Å²) in [6, 6.07) is 0.561. The molecule has 0 amide bonds. The molecule has 1 saturated heterocycles. The van der Waals surface area contributed by atoms with Gasteiger partial charge in [0, 0.05) is 6.54 Å². The van der Waals surface area contributed by atoms with Gasteiger partial charge in [-0.05, 0) is 24.5 Å². The van der Waals surface area contributed by atoms with Crippen LogP contribution in [0.25, 0.3) is 0 Å². The van der Waals surface area contributed by atoms with E-state index in [-0.39, 0.29) is 0 Å². The molecular formula is C10H17N3OS. The molecule has 0 bridgehead atoms. The predicted molar refractivity (Wildman–Crippen MR) is 62.1 cm³/mol. The molecule has 1 N–H and O–H groups in total. The van der Waals surface area contributed by atoms with Crippen molar-refractivity contribution >= 4 is 17.8 Å². The summed E-state index contributed by atoms with van der Waals surface area (Å²) in [6.45, 7) is 5.17. The van der Waals surface area contributed by atoms with Gasteiger partial charge in [0.05, 0.1) is 5.25 Å². The molecule has 84 valence electrons. The van der Waals surface area contributed by atoms with E-state index in [0.717, 1.165) is 12.4 Å². The first-order valence-corrected chi connectivity index (χ1v) is 6.49. The quantitative estimate of drug-likeness (QED) is 0.857. The van der Waals surface area contributed by atoms with Gasteiger partial charge < -0.3 is 9.84 Å². The molecule has 0 aliphatic carbocycles. The van der Waals surface area contributed by atoms with E-state index in [9.17, 15) is 0 Å². The van der Waals surface area contributed by atoms with E-state index in [1.165, 1.54) is 18.6 Å². The number of nitrogens with zero attached hydrogens (tertiary/aromatic N) is 2. The van der Waals surface area contributed by atoms with Gasteiger partial charge in [-0.1, -0.05) is 19.0 Å². The summed E-state index contributed by atoms with van der Waals surface area (Å²) < 4.78 is 5.14. The topological polar surface area (TPSA) is 51.0 Å². The van der Waals surface area contributed by atoms with Gasteiger partial charge in [-0.2, -0.15) is 16.7 Å². The van der Waals surface area contributed by atoms with Gasteiger partial charge in [0.25, 0.3) is 0 Å². The van der Waals surface area contributed by atoms with Gasteiger partial charge in [-0.3, -0.25) is 0 Å². The zero-order valence-electron chi connectivity index (χ0n) is 9.19. The van der Waals surface area contributed by atoms with Crippen LogP contribution in [0, 0.1) is 5.92 Å². The van der Waals surface area contributed by atoms with Crippen molar-refractivity contribution in [3.05, 3.63) is 5.82 Å². The largest absolute Gasteiger partial charge is 0.337 e. The Hall–Kier alpha value is -0.710. The van der Waals surface area contributed by atoms with Crippen LogP contribution in [0.3, 0.4) is 0 Å². The summed E-state index contributed by atoms with van der Waals surface area (Å²) in [4.78, 5) is 4.35. The highest BCUT2D eigenvalue weighted by Crippen LogP contribution is 2.38. The average molecular weight is 227 g/mol. The van der Waals surface area contributed by atoms with Gasteiger partial charge in [0.1, 0.15) is 0 Å². The summed E-state index contributed by atoms with van der Waals surface area (Å²) in [5.41, 5.74) is 0. The van der Waals surface area contributed by atoms with Crippen LogP contribution in [0.4, 0.5) is 6.01 Å². The summed E-state index contributed by atoms with van der Waals surface area (Å²) >= 11 is 1.92. The van der Waals surface area contributed by atoms with Crippen LogP contribution < -0.4 is 5.32 Å². The van der Waals surface area contributed by atoms with Crippen LogP contribution in [-0.4, -0.2) is 22.4 Å². The summed E-state index contributed by atoms with van der Waals surface area (Å²) in [6.07, 6.45) is 2.44. The minimum atomic E-state index is 0.448. The fourth-order valence-electron chi connectivity index (χ4n) is 1.51. The van der Waals surface area contributed by atoms with Crippen LogP contribution in [0.5, 0.6) is 0 Å². The minimum Gasteiger partial charge on any atom is -0.337 e. The molecule has 2 heterocycles. The molecular weight excluding hydrogens is 210 g/mol. The predicted octanol–water partition coefficient (Wildman–Crippen LogP) is 2.71. The first-order valence-electron chi connectivity index (χ1n) is 5.45. The van der Waals surface area contributed by atoms with E-state index >= 15 is 0 Å². The Morgan fingerprint density at radius 3 is 3.13 bits per heavy atom. The lowest BCUT2D eigenvalue weighted by molar-refractivity contribution is 0.419. The van der Waals surface area contributed by atoms with Gasteiger partial charge in [-0.25, -0.2) is 0 Å². The first kappa shape index (κ1) is 10.8. The van der Waals surface area contributed by atoms with Crippen molar-refractivity contribution in [1.29, 1.82) is 0 Å². The fraction of sp³-hybridized carbons (Fsp3) is 0.800. The van der Waals surface area contributed by atoms with Gasteiger partial charge in [0.2, 0.25) is 0 Å². The third kappa shape index (κ3) is 2.87. The second-order valence-electron chi connectivity index (χ2n) is 4.23. The van der Waals surface area contributed by atoms with Gasteiger partial charge in [0.15, 0.2) is 5.82 Å². The molecule has 1 aromatic heterocycles. The number of aromatic nitrogens is 2. The van der Waals surface area contributed by atoms with E-state index in [4.69, 9.17) is 4.52 Å². The van der Waals surface area contributed by atoms with Crippen molar-refractivity contribution < 1.29 is 4.52 Å². The van der Waals surface area contributed by atoms with Crippen molar-refractivity contribution in [2.45, 2.75) is 31.9 Å². The Balaban J connectivity index is 1.91. The smallest absolute Gasteiger partial charge is 0.321 e. The molecule has 0 aromatic carbocycles. The molecule has 5 heteroatoms. The molecule has 15 heavy (non-hydrogen) atoms. The molecule has 1 aliphatic rings. The molecule has 1 unspecified atom stereocenters. The molecule has 2 rings (SSSR count). The third-order valence-corrected chi connectivity index (χ3v) is 3.69. The zero-order valence-corrected chi connectivity index (χ0v) is 10.0. The summed E-state index contributed by atoms with van der Waals surface area (Å²) in [5, 5.41) is 7.59. The number of rotatable bonds is 4. The lowest BCUT2D eigenvalue weighted by Crippen LogP contribution is -2.08. The van der Waals surface area contributed by atoms with Gasteiger partial charge >= 0.3 is 6.01 Å². The standard InChI is InChI=1S/C10H17N3OS/c1-7(2)6-11-10-12-9(13-14-10)8-4-3-5-15-8/h7-8H,3-6H2,1-2H3,(H,11,12,13). The second-order valence-corrected chi connectivity index (χ2v) is 5.54. The van der Waals surface area contributed by atoms with Crippen molar-refractivity contribution in [2.75, 3.05) is 17.6 Å². The first-order chi connectivity index (χ1) is 7.25. The van der Waals surface area contributed by atoms with Crippen molar-refractivity contribution in [1.82, 2.24) is 10.1 Å². The van der Waals surface area contributed by atoms with E-state index in [1.807, 2.05) is 11.8 Å². The minimum absolute atomic E-state index is 0.448. The van der Waals surface area contributed by atoms with Crippen LogP contribution in [0.2, 0.25) is 0 Å². The monoisotopic (exact) mass is 227 g/mol. The highest BCUT2D eigenvalue weighted by atomic mass is 32.2. The summed E-state index contributed by atoms with van der Waals surface area (Å²) in [7, 11) is 0. The maximum atomic E-state index is 5.14. The van der Waals surface area contributed by atoms with Crippen LogP contribution in [0.15, 0.2) is 4.52 Å². The maximum absolute atomic E-state index is 5.14. The van der Waals surface area contributed by atoms with Crippen LogP contribution in [0.1, 0.15) is 37.8 Å². The number of hydrogen-bond donors (Lipinski definition) is 1. The van der Waals surface area contributed by atoms with Crippen molar-refractivity contribution in [3.63, 3.8) is 0 Å². The SMILES string of the molecule is CC(C)CNc1nc(C2CCCS2)no1. The van der Waals surface area contributed by atoms with E-state index in [2.05, 4.69) is 29.3 Å². The highest BCUT2D eigenvalue weighted by Gasteiger charge is 2.22. The molecule has 1 fully saturated rings. The van der Waals surface area contributed by atoms with Crippen LogP contribution in [-0.2, 0) is 0 Å². The molecule has 4 nitrogen and oxygen atoms in total. The Labute approximate surface area is 94.2 Å². The maximum Gasteiger partial charge on any atom is 0.321 e. The zero-order chi connectivity index (χ0) is 10.7. The van der Waals surface area contributed by atoms with Crippen molar-refractivity contribution in [2.24, 2.45) is 5.92 Å². The van der Waals surface area contributed by atoms with E-state index in [1.54, 1.807) is 0 Å². The number of thioether (sulfide) groups is 1. The molecule has 1 atom stereocenters. The average Bonchev–Trinajstić information content (AvgIpc) is 2.85. The third-order valence-electron chi connectivity index (χ3n) is 2.32. The van der Waals surface area contributed by atoms with Crippen molar-refractivity contribution in [3.8, 4) is 0 Å². The summed E-state index contributed by atoms with van der Waals surface area (Å²) in [5.74, 6) is 2.65. The molecule has 0 radical (unpaired) electrons. The van der Waals surface area contributed by atoms with E-state index in [0.29, 0.717) is 17.2 Å². The Morgan fingerprint density at radius 2 is 2.47 bits per heavy atom. The lowest BCUT2D eigenvalue weighted by atomic mass is 10.2. The van der Waals surface area contributed by atoms with Gasteiger partial charge in [-0.15, -0.1) is 0 Å². The fourth-order valence-corrected chi connectivity index (χ4v) is 2.71. The number of nitrogens with one attached hydrogen (secondary N) is 1. The Bertz CT molecular complexity index is 307. The Morgan fingerprint density at radius 1 is 1.60 bits per heavy atom. The molecule has 0 spiro atoms. The van der Waals surface area contributed by atoms with E-state index < -0.39 is 0 Å². The molecule has 1 aliphatic heterocycles. The molecule has 1 aromatic rings. The Kier molecular flexibility index (Phi) is 3.51. The second kappa shape index (κ2) is 4.88.